The van der Waals surface area contributed by atoms with E-state index >= 15 is 0 Å². The Morgan fingerprint density at radius 3 is 1.81 bits per heavy atom. The summed E-state index contributed by atoms with van der Waals surface area (Å²) in [5, 5.41) is 5.06. The monoisotopic (exact) mass is 621 g/mol. The fourth-order valence-corrected chi connectivity index (χ4v) is 7.51. The number of fused-ring (bicyclic) bond motifs is 7. The van der Waals surface area contributed by atoms with Crippen molar-refractivity contribution in [3.8, 4) is 39.1 Å². The predicted molar refractivity (Wildman–Crippen MR) is 209 cm³/mol. The number of nitrogens with zero attached hydrogens (tertiary/aromatic N) is 1. The third-order valence-electron chi connectivity index (χ3n) is 9.78. The van der Waals surface area contributed by atoms with Gasteiger partial charge in [-0.15, -0.1) is 0 Å². The van der Waals surface area contributed by atoms with E-state index in [1.807, 2.05) is 27.7 Å². The highest BCUT2D eigenvalue weighted by Gasteiger charge is 2.35. The highest BCUT2D eigenvalue weighted by atomic mass is 15.0. The van der Waals surface area contributed by atoms with Crippen LogP contribution in [0.25, 0.3) is 71.6 Å². The van der Waals surface area contributed by atoms with Crippen molar-refractivity contribution in [2.45, 2.75) is 47.0 Å². The van der Waals surface area contributed by atoms with Crippen molar-refractivity contribution < 1.29 is 0 Å². The lowest BCUT2D eigenvalue weighted by atomic mass is 9.81. The van der Waals surface area contributed by atoms with Gasteiger partial charge in [0.05, 0.1) is 11.0 Å². The molecular weight excluding hydrogens is 579 g/mol. The standard InChI is InChI=1S/C43H31N.2C2H6/c1-43(2)39-16-7-5-14-35(39)36-22-19-32(26-40(36)43)29-12-9-13-30(24-29)33-20-23-38-37-15-6-8-17-41(37)44(42(38)27-33)34-21-18-28-10-3-4-11-31(28)25-34;2*1-2/h3-27H,1-2H3;2*1-2H3. The molecule has 1 nitrogen and oxygen atoms in total. The second-order valence-corrected chi connectivity index (χ2v) is 12.6. The molecule has 0 fully saturated rings. The van der Waals surface area contributed by atoms with Gasteiger partial charge in [0.2, 0.25) is 0 Å². The van der Waals surface area contributed by atoms with Gasteiger partial charge in [-0.3, -0.25) is 0 Å². The summed E-state index contributed by atoms with van der Waals surface area (Å²) >= 11 is 0. The third-order valence-corrected chi connectivity index (χ3v) is 9.78. The van der Waals surface area contributed by atoms with Gasteiger partial charge in [0, 0.05) is 21.9 Å². The maximum atomic E-state index is 2.42. The molecular formula is C47H43N. The number of para-hydroxylation sites is 1. The topological polar surface area (TPSA) is 4.93 Å². The summed E-state index contributed by atoms with van der Waals surface area (Å²) in [6.07, 6.45) is 0. The highest BCUT2D eigenvalue weighted by Crippen LogP contribution is 2.49. The molecule has 1 heterocycles. The van der Waals surface area contributed by atoms with E-state index < -0.39 is 0 Å². The molecule has 1 aromatic heterocycles. The number of aromatic nitrogens is 1. The van der Waals surface area contributed by atoms with Crippen molar-refractivity contribution in [2.24, 2.45) is 0 Å². The third kappa shape index (κ3) is 5.02. The van der Waals surface area contributed by atoms with E-state index in [-0.39, 0.29) is 5.41 Å². The lowest BCUT2D eigenvalue weighted by Gasteiger charge is -2.22. The van der Waals surface area contributed by atoms with E-state index in [4.69, 9.17) is 0 Å². The Kier molecular flexibility index (Phi) is 8.23. The fraction of sp³-hybridized carbons (Fsp3) is 0.149. The molecule has 0 unspecified atom stereocenters. The maximum Gasteiger partial charge on any atom is 0.0547 e. The molecule has 0 bridgehead atoms. The molecule has 1 aliphatic carbocycles. The lowest BCUT2D eigenvalue weighted by molar-refractivity contribution is 0.660. The van der Waals surface area contributed by atoms with Crippen molar-refractivity contribution in [1.29, 1.82) is 0 Å². The largest absolute Gasteiger partial charge is 0.309 e. The smallest absolute Gasteiger partial charge is 0.0547 e. The molecule has 0 aliphatic heterocycles. The maximum absolute atomic E-state index is 2.42. The van der Waals surface area contributed by atoms with Crippen LogP contribution < -0.4 is 0 Å². The van der Waals surface area contributed by atoms with E-state index in [2.05, 4.69) is 170 Å². The van der Waals surface area contributed by atoms with Crippen molar-refractivity contribution >= 4 is 32.6 Å². The average Bonchev–Trinajstić information content (AvgIpc) is 3.61. The summed E-state index contributed by atoms with van der Waals surface area (Å²) < 4.78 is 2.42. The molecule has 0 N–H and O–H groups in total. The van der Waals surface area contributed by atoms with Crippen molar-refractivity contribution in [1.82, 2.24) is 4.57 Å². The first-order valence-electron chi connectivity index (χ1n) is 17.4. The first-order valence-corrected chi connectivity index (χ1v) is 17.4. The Bertz CT molecular complexity index is 2420. The summed E-state index contributed by atoms with van der Waals surface area (Å²) in [4.78, 5) is 0. The highest BCUT2D eigenvalue weighted by molar-refractivity contribution is 6.10. The Morgan fingerprint density at radius 1 is 0.396 bits per heavy atom. The van der Waals surface area contributed by atoms with Gasteiger partial charge in [0.25, 0.3) is 0 Å². The molecule has 7 aromatic carbocycles. The van der Waals surface area contributed by atoms with Crippen LogP contribution >= 0.6 is 0 Å². The zero-order chi connectivity index (χ0) is 33.4. The van der Waals surface area contributed by atoms with Crippen LogP contribution in [-0.4, -0.2) is 4.57 Å². The first kappa shape index (κ1) is 31.2. The van der Waals surface area contributed by atoms with Crippen LogP contribution in [0.4, 0.5) is 0 Å². The zero-order valence-electron chi connectivity index (χ0n) is 28.9. The van der Waals surface area contributed by atoms with Crippen molar-refractivity contribution in [3.63, 3.8) is 0 Å². The minimum atomic E-state index is -0.0131. The minimum Gasteiger partial charge on any atom is -0.309 e. The molecule has 0 saturated heterocycles. The molecule has 0 radical (unpaired) electrons. The van der Waals surface area contributed by atoms with Crippen LogP contribution in [0, 0.1) is 0 Å². The molecule has 236 valence electrons. The van der Waals surface area contributed by atoms with Crippen LogP contribution in [0.1, 0.15) is 52.7 Å². The first-order chi connectivity index (χ1) is 23.6. The molecule has 0 atom stereocenters. The second kappa shape index (κ2) is 12.7. The fourth-order valence-electron chi connectivity index (χ4n) is 7.51. The Hall–Kier alpha value is -5.40. The number of benzene rings is 7. The second-order valence-electron chi connectivity index (χ2n) is 12.6. The van der Waals surface area contributed by atoms with Gasteiger partial charge in [0.1, 0.15) is 0 Å². The lowest BCUT2D eigenvalue weighted by Crippen LogP contribution is -2.14. The van der Waals surface area contributed by atoms with Gasteiger partial charge in [0.15, 0.2) is 0 Å². The summed E-state index contributed by atoms with van der Waals surface area (Å²) in [5.74, 6) is 0. The quantitative estimate of drug-likeness (QED) is 0.185. The van der Waals surface area contributed by atoms with E-state index in [0.29, 0.717) is 0 Å². The van der Waals surface area contributed by atoms with Crippen LogP contribution in [0.2, 0.25) is 0 Å². The van der Waals surface area contributed by atoms with Gasteiger partial charge in [-0.25, -0.2) is 0 Å². The van der Waals surface area contributed by atoms with Gasteiger partial charge in [-0.2, -0.15) is 0 Å². The normalized spacial score (nSPS) is 12.5. The van der Waals surface area contributed by atoms with Crippen LogP contribution in [0.15, 0.2) is 152 Å². The van der Waals surface area contributed by atoms with Crippen molar-refractivity contribution in [2.75, 3.05) is 0 Å². The molecule has 48 heavy (non-hydrogen) atoms. The predicted octanol–water partition coefficient (Wildman–Crippen LogP) is 13.6. The van der Waals surface area contributed by atoms with Crippen LogP contribution in [0.5, 0.6) is 0 Å². The van der Waals surface area contributed by atoms with E-state index in [0.717, 1.165) is 0 Å². The van der Waals surface area contributed by atoms with E-state index in [1.54, 1.807) is 0 Å². The molecule has 0 spiro atoms. The summed E-state index contributed by atoms with van der Waals surface area (Å²) in [6, 6.07) is 56.0. The molecule has 0 saturated carbocycles. The SMILES string of the molecule is CC.CC.CC1(C)c2ccccc2-c2ccc(-c3cccc(-c4ccc5c6ccccc6n(-c6ccc7ccccc7c6)c5c4)c3)cc21. The Labute approximate surface area is 285 Å². The van der Waals surface area contributed by atoms with Crippen LogP contribution in [-0.2, 0) is 5.41 Å². The van der Waals surface area contributed by atoms with Crippen molar-refractivity contribution in [3.05, 3.63) is 163 Å². The Morgan fingerprint density at radius 2 is 1.00 bits per heavy atom. The average molecular weight is 622 g/mol. The number of hydrogen-bond donors (Lipinski definition) is 0. The molecule has 0 amide bonds. The minimum absolute atomic E-state index is 0.0131. The molecule has 9 rings (SSSR count). The number of hydrogen-bond acceptors (Lipinski definition) is 0. The molecule has 1 aliphatic rings. The Balaban J connectivity index is 0.000000880. The van der Waals surface area contributed by atoms with Crippen LogP contribution in [0.3, 0.4) is 0 Å². The van der Waals surface area contributed by atoms with Gasteiger partial charge in [-0.1, -0.05) is 157 Å². The zero-order valence-corrected chi connectivity index (χ0v) is 28.9. The van der Waals surface area contributed by atoms with E-state index in [9.17, 15) is 0 Å². The summed E-state index contributed by atoms with van der Waals surface area (Å²) in [5.41, 5.74) is 14.1. The van der Waals surface area contributed by atoms with Gasteiger partial charge in [-0.05, 0) is 91.7 Å². The summed E-state index contributed by atoms with van der Waals surface area (Å²) in [7, 11) is 0. The molecule has 1 heteroatoms. The van der Waals surface area contributed by atoms with Gasteiger partial charge >= 0.3 is 0 Å². The van der Waals surface area contributed by atoms with E-state index in [1.165, 1.54) is 82.8 Å². The number of rotatable bonds is 3. The summed E-state index contributed by atoms with van der Waals surface area (Å²) in [6.45, 7) is 12.7. The van der Waals surface area contributed by atoms with Gasteiger partial charge < -0.3 is 4.57 Å². The molecule has 8 aromatic rings.